The molecule has 0 spiro atoms. The predicted molar refractivity (Wildman–Crippen MR) is 92.1 cm³/mol. The highest BCUT2D eigenvalue weighted by molar-refractivity contribution is 6.35. The van der Waals surface area contributed by atoms with Crippen LogP contribution in [0.5, 0.6) is 0 Å². The van der Waals surface area contributed by atoms with Crippen molar-refractivity contribution < 1.29 is 19.1 Å². The summed E-state index contributed by atoms with van der Waals surface area (Å²) in [7, 11) is 1.70. The predicted octanol–water partition coefficient (Wildman–Crippen LogP) is 1.79. The number of rotatable bonds is 6. The van der Waals surface area contributed by atoms with Crippen LogP contribution >= 0.6 is 0 Å². The number of hydrogen-bond donors (Lipinski definition) is 1. The highest BCUT2D eigenvalue weighted by Gasteiger charge is 2.40. The lowest BCUT2D eigenvalue weighted by Gasteiger charge is -2.20. The minimum Gasteiger partial charge on any atom is -0.467 e. The fourth-order valence-corrected chi connectivity index (χ4v) is 2.86. The lowest BCUT2D eigenvalue weighted by atomic mass is 10.0. The number of carbonyl (C=O) groups is 2. The summed E-state index contributed by atoms with van der Waals surface area (Å²) < 4.78 is 5.27. The number of carbonyl (C=O) groups excluding carboxylic acids is 2. The number of imide groups is 1. The number of aliphatic hydroxyl groups excluding tert-OH is 1. The smallest absolute Gasteiger partial charge is 0.278 e. The van der Waals surface area contributed by atoms with Gasteiger partial charge >= 0.3 is 0 Å². The number of aryl methyl sites for hydroxylation is 1. The Bertz CT molecular complexity index is 806. The van der Waals surface area contributed by atoms with E-state index < -0.39 is 0 Å². The van der Waals surface area contributed by atoms with Crippen molar-refractivity contribution in [3.63, 3.8) is 0 Å². The minimum absolute atomic E-state index is 0.0799. The zero-order valence-electron chi connectivity index (χ0n) is 14.2. The summed E-state index contributed by atoms with van der Waals surface area (Å²) in [6.07, 6.45) is 1.51. The summed E-state index contributed by atoms with van der Waals surface area (Å²) in [5.74, 6) is -0.200. The van der Waals surface area contributed by atoms with Gasteiger partial charge in [-0.15, -0.1) is 0 Å². The molecule has 6 heteroatoms. The number of nitrogens with zero attached hydrogens (tertiary/aromatic N) is 2. The summed E-state index contributed by atoms with van der Waals surface area (Å²) in [6, 6.07) is 10.9. The van der Waals surface area contributed by atoms with Crippen LogP contribution in [0, 0.1) is 6.92 Å². The summed E-state index contributed by atoms with van der Waals surface area (Å²) in [5.41, 5.74) is 2.41. The molecule has 1 aromatic heterocycles. The van der Waals surface area contributed by atoms with Crippen LogP contribution in [0.25, 0.3) is 5.57 Å². The Hall–Kier alpha value is -2.86. The fourth-order valence-electron chi connectivity index (χ4n) is 2.86. The second-order valence-electron chi connectivity index (χ2n) is 6.01. The second-order valence-corrected chi connectivity index (χ2v) is 6.01. The lowest BCUT2D eigenvalue weighted by molar-refractivity contribution is -0.138. The van der Waals surface area contributed by atoms with Gasteiger partial charge in [-0.1, -0.05) is 29.8 Å². The molecule has 1 aromatic carbocycles. The van der Waals surface area contributed by atoms with Gasteiger partial charge in [-0.2, -0.15) is 0 Å². The maximum atomic E-state index is 13.0. The number of hydrogen-bond acceptors (Lipinski definition) is 5. The fraction of sp³-hybridized carbons (Fsp3) is 0.263. The van der Waals surface area contributed by atoms with Crippen LogP contribution in [0.4, 0.5) is 0 Å². The molecular formula is C19H20N2O4. The maximum absolute atomic E-state index is 13.0. The van der Waals surface area contributed by atoms with Crippen LogP contribution in [-0.4, -0.2) is 46.9 Å². The molecule has 3 rings (SSSR count). The Kier molecular flexibility index (Phi) is 4.72. The van der Waals surface area contributed by atoms with Crippen molar-refractivity contribution >= 4 is 17.4 Å². The first-order valence-corrected chi connectivity index (χ1v) is 8.05. The molecule has 0 radical (unpaired) electrons. The van der Waals surface area contributed by atoms with Gasteiger partial charge in [-0.25, -0.2) is 0 Å². The molecule has 0 bridgehead atoms. The number of furan rings is 1. The Morgan fingerprint density at radius 3 is 2.44 bits per heavy atom. The third-order valence-corrected chi connectivity index (χ3v) is 4.19. The Morgan fingerprint density at radius 1 is 1.12 bits per heavy atom. The highest BCUT2D eigenvalue weighted by atomic mass is 16.3. The topological polar surface area (TPSA) is 74.0 Å². The Morgan fingerprint density at radius 2 is 1.84 bits per heavy atom. The molecule has 25 heavy (non-hydrogen) atoms. The van der Waals surface area contributed by atoms with Gasteiger partial charge in [-0.3, -0.25) is 14.5 Å². The van der Waals surface area contributed by atoms with E-state index in [9.17, 15) is 14.7 Å². The molecule has 0 unspecified atom stereocenters. The number of benzene rings is 1. The van der Waals surface area contributed by atoms with Gasteiger partial charge in [0, 0.05) is 13.6 Å². The summed E-state index contributed by atoms with van der Waals surface area (Å²) in [4.78, 5) is 28.7. The lowest BCUT2D eigenvalue weighted by Crippen LogP contribution is -2.34. The normalized spacial score (nSPS) is 14.6. The molecule has 2 heterocycles. The van der Waals surface area contributed by atoms with Gasteiger partial charge in [0.15, 0.2) is 0 Å². The van der Waals surface area contributed by atoms with E-state index in [0.29, 0.717) is 22.6 Å². The Balaban J connectivity index is 2.02. The molecule has 1 aliphatic heterocycles. The molecule has 1 aliphatic rings. The third-order valence-electron chi connectivity index (χ3n) is 4.19. The van der Waals surface area contributed by atoms with Crippen molar-refractivity contribution in [2.75, 3.05) is 20.2 Å². The molecule has 0 atom stereocenters. The monoisotopic (exact) mass is 340 g/mol. The van der Waals surface area contributed by atoms with Crippen molar-refractivity contribution in [2.24, 2.45) is 0 Å². The van der Waals surface area contributed by atoms with Gasteiger partial charge in [0.1, 0.15) is 11.5 Å². The van der Waals surface area contributed by atoms with Crippen molar-refractivity contribution in [1.29, 1.82) is 0 Å². The number of amides is 2. The SMILES string of the molecule is Cc1ccc(C2=C(N(C)CCO)C(=O)N(Cc3ccco3)C2=O)cc1. The van der Waals surface area contributed by atoms with E-state index in [-0.39, 0.29) is 31.5 Å². The van der Waals surface area contributed by atoms with E-state index in [0.717, 1.165) is 5.56 Å². The third kappa shape index (κ3) is 3.21. The zero-order valence-corrected chi connectivity index (χ0v) is 14.2. The number of aliphatic hydroxyl groups is 1. The van der Waals surface area contributed by atoms with Gasteiger partial charge in [0.05, 0.1) is 25.0 Å². The molecule has 6 nitrogen and oxygen atoms in total. The molecule has 0 saturated heterocycles. The van der Waals surface area contributed by atoms with E-state index in [2.05, 4.69) is 0 Å². The van der Waals surface area contributed by atoms with E-state index >= 15 is 0 Å². The highest BCUT2D eigenvalue weighted by Crippen LogP contribution is 2.32. The van der Waals surface area contributed by atoms with Gasteiger partial charge in [-0.05, 0) is 24.6 Å². The molecule has 2 aromatic rings. The quantitative estimate of drug-likeness (QED) is 0.812. The molecular weight excluding hydrogens is 320 g/mol. The van der Waals surface area contributed by atoms with Gasteiger partial charge < -0.3 is 14.4 Å². The molecule has 0 aliphatic carbocycles. The maximum Gasteiger partial charge on any atom is 0.278 e. The van der Waals surface area contributed by atoms with E-state index in [1.54, 1.807) is 24.1 Å². The van der Waals surface area contributed by atoms with Gasteiger partial charge in [0.2, 0.25) is 0 Å². The van der Waals surface area contributed by atoms with E-state index in [4.69, 9.17) is 4.42 Å². The molecule has 0 fully saturated rings. The van der Waals surface area contributed by atoms with Crippen molar-refractivity contribution in [3.8, 4) is 0 Å². The summed E-state index contributed by atoms with van der Waals surface area (Å²) in [6.45, 7) is 2.19. The van der Waals surface area contributed by atoms with Crippen LogP contribution < -0.4 is 0 Å². The van der Waals surface area contributed by atoms with Crippen molar-refractivity contribution in [3.05, 3.63) is 65.2 Å². The van der Waals surface area contributed by atoms with E-state index in [1.807, 2.05) is 31.2 Å². The van der Waals surface area contributed by atoms with Crippen LogP contribution in [0.2, 0.25) is 0 Å². The minimum atomic E-state index is -0.382. The second kappa shape index (κ2) is 6.94. The van der Waals surface area contributed by atoms with Crippen LogP contribution in [0.15, 0.2) is 52.8 Å². The van der Waals surface area contributed by atoms with Crippen LogP contribution in [0.3, 0.4) is 0 Å². The standard InChI is InChI=1S/C19H20N2O4/c1-13-5-7-14(8-6-13)16-17(20(2)9-10-22)19(24)21(18(16)23)12-15-4-3-11-25-15/h3-8,11,22H,9-10,12H2,1-2H3. The largest absolute Gasteiger partial charge is 0.467 e. The number of likely N-dealkylation sites (N-methyl/N-ethyl adjacent to an activating group) is 1. The first kappa shape index (κ1) is 17.0. The average Bonchev–Trinajstić information content (AvgIpc) is 3.18. The average molecular weight is 340 g/mol. The van der Waals surface area contributed by atoms with Crippen molar-refractivity contribution in [2.45, 2.75) is 13.5 Å². The zero-order chi connectivity index (χ0) is 18.0. The van der Waals surface area contributed by atoms with Crippen molar-refractivity contribution in [1.82, 2.24) is 9.80 Å². The molecule has 0 saturated carbocycles. The summed E-state index contributed by atoms with van der Waals surface area (Å²) in [5, 5.41) is 9.23. The molecule has 2 amide bonds. The molecule has 130 valence electrons. The Labute approximate surface area is 146 Å². The first-order valence-electron chi connectivity index (χ1n) is 8.05. The van der Waals surface area contributed by atoms with Gasteiger partial charge in [0.25, 0.3) is 11.8 Å². The van der Waals surface area contributed by atoms with Crippen LogP contribution in [-0.2, 0) is 16.1 Å². The molecule has 1 N–H and O–H groups in total. The summed E-state index contributed by atoms with van der Waals surface area (Å²) >= 11 is 0. The van der Waals surface area contributed by atoms with E-state index in [1.165, 1.54) is 11.2 Å². The first-order chi connectivity index (χ1) is 12.0. The van der Waals surface area contributed by atoms with Crippen LogP contribution in [0.1, 0.15) is 16.9 Å².